The fourth-order valence-corrected chi connectivity index (χ4v) is 3.11. The number of nitrogens with zero attached hydrogens (tertiary/aromatic N) is 1. The molecule has 1 amide bonds. The van der Waals surface area contributed by atoms with Gasteiger partial charge in [-0.2, -0.15) is 11.8 Å². The molecule has 1 fully saturated rings. The van der Waals surface area contributed by atoms with Crippen LogP contribution < -0.4 is 0 Å². The fraction of sp³-hybridized carbons (Fsp3) is 0.733. The standard InChI is InChI=1S/C15H25NO4S/c1-2-13(17)7-5-12-6-8-14(18)16(12)9-11-21-10-3-4-15(19)20/h5,7,12-13,17H,2-4,6,8-11H2,1H3,(H,19,20)/b7-5+/t12-,13-/m0/s1. The molecule has 1 aliphatic heterocycles. The minimum Gasteiger partial charge on any atom is -0.481 e. The van der Waals surface area contributed by atoms with E-state index in [1.165, 1.54) is 0 Å². The lowest BCUT2D eigenvalue weighted by atomic mass is 10.1. The normalized spacial score (nSPS) is 20.4. The molecular formula is C15H25NO4S. The largest absolute Gasteiger partial charge is 0.481 e. The van der Waals surface area contributed by atoms with E-state index in [4.69, 9.17) is 5.11 Å². The highest BCUT2D eigenvalue weighted by Crippen LogP contribution is 2.21. The first kappa shape index (κ1) is 18.0. The van der Waals surface area contributed by atoms with Gasteiger partial charge in [-0.3, -0.25) is 9.59 Å². The quantitative estimate of drug-likeness (QED) is 0.475. The van der Waals surface area contributed by atoms with E-state index < -0.39 is 12.1 Å². The number of hydrogen-bond donors (Lipinski definition) is 2. The second kappa shape index (κ2) is 9.84. The number of aliphatic hydroxyl groups is 1. The summed E-state index contributed by atoms with van der Waals surface area (Å²) in [5.41, 5.74) is 0. The van der Waals surface area contributed by atoms with Gasteiger partial charge in [-0.05, 0) is 25.0 Å². The zero-order valence-electron chi connectivity index (χ0n) is 12.5. The Morgan fingerprint density at radius 1 is 1.52 bits per heavy atom. The van der Waals surface area contributed by atoms with Gasteiger partial charge in [0.05, 0.1) is 12.1 Å². The van der Waals surface area contributed by atoms with Crippen molar-refractivity contribution < 1.29 is 19.8 Å². The molecule has 1 aliphatic rings. The van der Waals surface area contributed by atoms with Crippen LogP contribution in [0.15, 0.2) is 12.2 Å². The maximum Gasteiger partial charge on any atom is 0.303 e. The summed E-state index contributed by atoms with van der Waals surface area (Å²) >= 11 is 1.68. The summed E-state index contributed by atoms with van der Waals surface area (Å²) in [4.78, 5) is 24.1. The Labute approximate surface area is 130 Å². The minimum absolute atomic E-state index is 0.0957. The van der Waals surface area contributed by atoms with Crippen LogP contribution in [0.5, 0.6) is 0 Å². The van der Waals surface area contributed by atoms with Gasteiger partial charge >= 0.3 is 5.97 Å². The predicted molar refractivity (Wildman–Crippen MR) is 84.4 cm³/mol. The summed E-state index contributed by atoms with van der Waals surface area (Å²) in [5.74, 6) is 1.04. The van der Waals surface area contributed by atoms with Gasteiger partial charge in [-0.15, -0.1) is 0 Å². The topological polar surface area (TPSA) is 77.8 Å². The molecule has 6 heteroatoms. The Hall–Kier alpha value is -1.01. The molecule has 21 heavy (non-hydrogen) atoms. The number of amides is 1. The highest BCUT2D eigenvalue weighted by molar-refractivity contribution is 7.99. The number of thioether (sulfide) groups is 1. The third kappa shape index (κ3) is 7.00. The second-order valence-corrected chi connectivity index (χ2v) is 6.39. The van der Waals surface area contributed by atoms with Crippen LogP contribution in [-0.4, -0.2) is 57.2 Å². The molecule has 0 aliphatic carbocycles. The number of rotatable bonds is 10. The van der Waals surface area contributed by atoms with Gasteiger partial charge in [0.25, 0.3) is 0 Å². The molecule has 0 aromatic heterocycles. The second-order valence-electron chi connectivity index (χ2n) is 5.16. The fourth-order valence-electron chi connectivity index (χ4n) is 2.23. The van der Waals surface area contributed by atoms with Gasteiger partial charge in [0.15, 0.2) is 0 Å². The first-order valence-electron chi connectivity index (χ1n) is 7.50. The molecule has 120 valence electrons. The predicted octanol–water partition coefficient (Wildman–Crippen LogP) is 1.90. The Bertz CT molecular complexity index is 373. The number of likely N-dealkylation sites (tertiary alicyclic amines) is 1. The van der Waals surface area contributed by atoms with E-state index in [-0.39, 0.29) is 18.4 Å². The highest BCUT2D eigenvalue weighted by Gasteiger charge is 2.28. The van der Waals surface area contributed by atoms with Crippen molar-refractivity contribution >= 4 is 23.6 Å². The molecule has 1 saturated heterocycles. The first-order valence-corrected chi connectivity index (χ1v) is 8.65. The molecule has 0 aromatic rings. The Morgan fingerprint density at radius 3 is 2.95 bits per heavy atom. The molecule has 2 N–H and O–H groups in total. The molecule has 0 saturated carbocycles. The molecule has 1 heterocycles. The van der Waals surface area contributed by atoms with Crippen molar-refractivity contribution in [2.24, 2.45) is 0 Å². The summed E-state index contributed by atoms with van der Waals surface area (Å²) in [6.45, 7) is 2.61. The Balaban J connectivity index is 2.28. The van der Waals surface area contributed by atoms with Crippen LogP contribution in [0.2, 0.25) is 0 Å². The van der Waals surface area contributed by atoms with Crippen molar-refractivity contribution in [2.45, 2.75) is 51.2 Å². The summed E-state index contributed by atoms with van der Waals surface area (Å²) in [6.07, 6.45) is 6.21. The summed E-state index contributed by atoms with van der Waals surface area (Å²) in [5, 5.41) is 18.1. The summed E-state index contributed by atoms with van der Waals surface area (Å²) < 4.78 is 0. The van der Waals surface area contributed by atoms with Gasteiger partial charge in [-0.1, -0.05) is 19.1 Å². The average Bonchev–Trinajstić information content (AvgIpc) is 2.80. The van der Waals surface area contributed by atoms with Crippen LogP contribution in [-0.2, 0) is 9.59 Å². The van der Waals surface area contributed by atoms with Crippen molar-refractivity contribution in [2.75, 3.05) is 18.1 Å². The smallest absolute Gasteiger partial charge is 0.303 e. The van der Waals surface area contributed by atoms with Crippen LogP contribution in [0.4, 0.5) is 0 Å². The number of carboxylic acid groups (broad SMARTS) is 1. The van der Waals surface area contributed by atoms with Crippen LogP contribution in [0, 0.1) is 0 Å². The van der Waals surface area contributed by atoms with Crippen molar-refractivity contribution in [1.29, 1.82) is 0 Å². The zero-order chi connectivity index (χ0) is 15.7. The third-order valence-electron chi connectivity index (χ3n) is 3.50. The maximum absolute atomic E-state index is 11.9. The lowest BCUT2D eigenvalue weighted by Gasteiger charge is -2.22. The van der Waals surface area contributed by atoms with Crippen molar-refractivity contribution in [1.82, 2.24) is 4.90 Å². The highest BCUT2D eigenvalue weighted by atomic mass is 32.2. The monoisotopic (exact) mass is 315 g/mol. The zero-order valence-corrected chi connectivity index (χ0v) is 13.3. The Kier molecular flexibility index (Phi) is 8.45. The van der Waals surface area contributed by atoms with Crippen LogP contribution >= 0.6 is 11.8 Å². The molecule has 0 aromatic carbocycles. The SMILES string of the molecule is CC[C@H](O)/C=C/[C@H]1CCC(=O)N1CCSCCCC(=O)O. The summed E-state index contributed by atoms with van der Waals surface area (Å²) in [6, 6.07) is 0.0957. The van der Waals surface area contributed by atoms with Gasteiger partial charge in [0, 0.05) is 25.1 Å². The number of aliphatic carboxylic acids is 1. The number of carbonyl (C=O) groups excluding carboxylic acids is 1. The molecule has 5 nitrogen and oxygen atoms in total. The van der Waals surface area contributed by atoms with Crippen LogP contribution in [0.25, 0.3) is 0 Å². The maximum atomic E-state index is 11.9. The third-order valence-corrected chi connectivity index (χ3v) is 4.55. The average molecular weight is 315 g/mol. The van der Waals surface area contributed by atoms with Crippen molar-refractivity contribution in [3.63, 3.8) is 0 Å². The molecular weight excluding hydrogens is 290 g/mol. The molecule has 2 atom stereocenters. The van der Waals surface area contributed by atoms with Crippen LogP contribution in [0.3, 0.4) is 0 Å². The Morgan fingerprint density at radius 2 is 2.29 bits per heavy atom. The van der Waals surface area contributed by atoms with Crippen LogP contribution in [0.1, 0.15) is 39.0 Å². The molecule has 0 radical (unpaired) electrons. The van der Waals surface area contributed by atoms with Gasteiger partial charge < -0.3 is 15.1 Å². The van der Waals surface area contributed by atoms with E-state index in [1.54, 1.807) is 17.8 Å². The molecule has 0 unspecified atom stereocenters. The number of carboxylic acids is 1. The molecule has 0 spiro atoms. The van der Waals surface area contributed by atoms with E-state index in [2.05, 4.69) is 0 Å². The van der Waals surface area contributed by atoms with Crippen molar-refractivity contribution in [3.8, 4) is 0 Å². The van der Waals surface area contributed by atoms with Gasteiger partial charge in [0.2, 0.25) is 5.91 Å². The lowest BCUT2D eigenvalue weighted by Crippen LogP contribution is -2.34. The number of carbonyl (C=O) groups is 2. The van der Waals surface area contributed by atoms with Crippen molar-refractivity contribution in [3.05, 3.63) is 12.2 Å². The van der Waals surface area contributed by atoms with Gasteiger partial charge in [-0.25, -0.2) is 0 Å². The minimum atomic E-state index is -0.759. The summed E-state index contributed by atoms with van der Waals surface area (Å²) in [7, 11) is 0. The van der Waals surface area contributed by atoms with E-state index in [9.17, 15) is 14.7 Å². The van der Waals surface area contributed by atoms with E-state index >= 15 is 0 Å². The molecule has 1 rings (SSSR count). The van der Waals surface area contributed by atoms with Gasteiger partial charge in [0.1, 0.15) is 0 Å². The van der Waals surface area contributed by atoms with E-state index in [1.807, 2.05) is 17.9 Å². The first-order chi connectivity index (χ1) is 10.0. The lowest BCUT2D eigenvalue weighted by molar-refractivity contribution is -0.137. The number of aliphatic hydroxyl groups excluding tert-OH is 1. The van der Waals surface area contributed by atoms with E-state index in [0.29, 0.717) is 25.8 Å². The molecule has 0 bridgehead atoms. The number of hydrogen-bond acceptors (Lipinski definition) is 4. The van der Waals surface area contributed by atoms with E-state index in [0.717, 1.165) is 17.9 Å².